The van der Waals surface area contributed by atoms with Gasteiger partial charge in [-0.2, -0.15) is 0 Å². The van der Waals surface area contributed by atoms with Gasteiger partial charge in [0, 0.05) is 22.3 Å². The van der Waals surface area contributed by atoms with E-state index in [2.05, 4.69) is 34.2 Å². The van der Waals surface area contributed by atoms with Crippen LogP contribution in [-0.2, 0) is 0 Å². The van der Waals surface area contributed by atoms with Gasteiger partial charge in [-0.15, -0.1) is 0 Å². The highest BCUT2D eigenvalue weighted by Crippen LogP contribution is 2.48. The van der Waals surface area contributed by atoms with Crippen LogP contribution in [0.5, 0.6) is 23.3 Å². The number of hydrogen-bond donors (Lipinski definition) is 0. The van der Waals surface area contributed by atoms with Crippen LogP contribution in [0.4, 0.5) is 0 Å². The van der Waals surface area contributed by atoms with Crippen LogP contribution in [0, 0.1) is 0 Å². The number of ether oxygens (including phenoxy) is 2. The van der Waals surface area contributed by atoms with E-state index in [-0.39, 0.29) is 0 Å². The lowest BCUT2D eigenvalue weighted by Gasteiger charge is -2.21. The molecule has 0 saturated carbocycles. The van der Waals surface area contributed by atoms with Gasteiger partial charge >= 0.3 is 0 Å². The summed E-state index contributed by atoms with van der Waals surface area (Å²) >= 11 is 0. The lowest BCUT2D eigenvalue weighted by atomic mass is 9.98. The van der Waals surface area contributed by atoms with Gasteiger partial charge < -0.3 is 9.47 Å². The standard InChI is InChI=1S/C36H22N4O2/c1-3-11-23(12-4-1)27-17-9-19-29(37-27)25-21-33-34(42-36-35(41-33)39-31-15-7-8-16-32(31)40-36)22-26(25)30-20-10-18-28(38-30)24-13-5-2-6-14-24/h1-22H. The Bertz CT molecular complexity index is 1950. The molecule has 8 rings (SSSR count). The van der Waals surface area contributed by atoms with Gasteiger partial charge in [0.25, 0.3) is 11.8 Å². The van der Waals surface area contributed by atoms with Gasteiger partial charge in [-0.25, -0.2) is 19.9 Å². The van der Waals surface area contributed by atoms with Crippen molar-refractivity contribution in [1.29, 1.82) is 0 Å². The Hall–Kier alpha value is -5.88. The largest absolute Gasteiger partial charge is 0.431 e. The van der Waals surface area contributed by atoms with Crippen LogP contribution in [-0.4, -0.2) is 19.9 Å². The zero-order valence-corrected chi connectivity index (χ0v) is 22.3. The molecule has 3 aromatic heterocycles. The summed E-state index contributed by atoms with van der Waals surface area (Å²) in [7, 11) is 0. The molecule has 0 unspecified atom stereocenters. The van der Waals surface area contributed by atoms with E-state index in [4.69, 9.17) is 19.4 Å². The number of para-hydroxylation sites is 2. The topological polar surface area (TPSA) is 70.0 Å². The molecule has 0 spiro atoms. The maximum absolute atomic E-state index is 6.30. The quantitative estimate of drug-likeness (QED) is 0.221. The number of fused-ring (bicyclic) bond motifs is 3. The monoisotopic (exact) mass is 542 g/mol. The summed E-state index contributed by atoms with van der Waals surface area (Å²) in [4.78, 5) is 19.4. The van der Waals surface area contributed by atoms with E-state index in [9.17, 15) is 0 Å². The normalized spacial score (nSPS) is 11.7. The van der Waals surface area contributed by atoms with Gasteiger partial charge in [0.1, 0.15) is 0 Å². The molecule has 7 aromatic rings. The van der Waals surface area contributed by atoms with E-state index < -0.39 is 0 Å². The Balaban J connectivity index is 1.30. The Morgan fingerprint density at radius 1 is 0.357 bits per heavy atom. The third-order valence-corrected chi connectivity index (χ3v) is 7.20. The number of benzene rings is 4. The van der Waals surface area contributed by atoms with Crippen molar-refractivity contribution in [2.45, 2.75) is 0 Å². The van der Waals surface area contributed by atoms with Gasteiger partial charge in [0.2, 0.25) is 0 Å². The molecule has 0 radical (unpaired) electrons. The molecule has 198 valence electrons. The van der Waals surface area contributed by atoms with Crippen molar-refractivity contribution in [2.75, 3.05) is 0 Å². The first-order valence-electron chi connectivity index (χ1n) is 13.6. The van der Waals surface area contributed by atoms with E-state index in [1.54, 1.807) is 0 Å². The first-order valence-corrected chi connectivity index (χ1v) is 13.6. The molecule has 42 heavy (non-hydrogen) atoms. The molecule has 6 nitrogen and oxygen atoms in total. The molecular formula is C36H22N4O2. The van der Waals surface area contributed by atoms with Gasteiger partial charge in [0.15, 0.2) is 11.5 Å². The molecular weight excluding hydrogens is 520 g/mol. The van der Waals surface area contributed by atoms with Crippen molar-refractivity contribution in [3.63, 3.8) is 0 Å². The molecule has 0 saturated heterocycles. The SMILES string of the molecule is c1ccc(-c2cccc(-c3cc4c(cc3-c3cccc(-c5ccccc5)n3)Oc3nc5ccccc5nc3O4)n2)cc1. The van der Waals surface area contributed by atoms with Crippen molar-refractivity contribution >= 4 is 11.0 Å². The fourth-order valence-corrected chi connectivity index (χ4v) is 5.16. The van der Waals surface area contributed by atoms with Gasteiger partial charge in [-0.3, -0.25) is 0 Å². The highest BCUT2D eigenvalue weighted by molar-refractivity contribution is 5.85. The molecule has 0 amide bonds. The summed E-state index contributed by atoms with van der Waals surface area (Å²) in [5.41, 5.74) is 8.62. The van der Waals surface area contributed by atoms with Crippen LogP contribution < -0.4 is 9.47 Å². The van der Waals surface area contributed by atoms with E-state index in [0.29, 0.717) is 23.3 Å². The van der Waals surface area contributed by atoms with Crippen LogP contribution in [0.1, 0.15) is 0 Å². The van der Waals surface area contributed by atoms with Gasteiger partial charge in [-0.05, 0) is 48.5 Å². The Labute approximate surface area is 241 Å². The third kappa shape index (κ3) is 4.32. The van der Waals surface area contributed by atoms with Crippen molar-refractivity contribution in [2.24, 2.45) is 0 Å². The zero-order valence-electron chi connectivity index (χ0n) is 22.3. The Morgan fingerprint density at radius 3 is 1.21 bits per heavy atom. The zero-order chi connectivity index (χ0) is 27.9. The first kappa shape index (κ1) is 24.0. The van der Waals surface area contributed by atoms with Crippen molar-refractivity contribution in [1.82, 2.24) is 19.9 Å². The average molecular weight is 543 g/mol. The smallest absolute Gasteiger partial charge is 0.284 e. The molecule has 6 heteroatoms. The van der Waals surface area contributed by atoms with E-state index in [1.807, 2.05) is 109 Å². The van der Waals surface area contributed by atoms with Crippen LogP contribution in [0.15, 0.2) is 133 Å². The number of rotatable bonds is 4. The maximum atomic E-state index is 6.30. The lowest BCUT2D eigenvalue weighted by molar-refractivity contribution is 0.339. The fourth-order valence-electron chi connectivity index (χ4n) is 5.16. The predicted molar refractivity (Wildman–Crippen MR) is 163 cm³/mol. The summed E-state index contributed by atoms with van der Waals surface area (Å²) in [5.74, 6) is 1.74. The highest BCUT2D eigenvalue weighted by atomic mass is 16.6. The molecule has 0 bridgehead atoms. The third-order valence-electron chi connectivity index (χ3n) is 7.20. The second kappa shape index (κ2) is 9.94. The minimum atomic E-state index is 0.329. The number of hydrogen-bond acceptors (Lipinski definition) is 6. The molecule has 1 aliphatic rings. The predicted octanol–water partition coefficient (Wildman–Crippen LogP) is 8.99. The van der Waals surface area contributed by atoms with Crippen LogP contribution in [0.2, 0.25) is 0 Å². The lowest BCUT2D eigenvalue weighted by Crippen LogP contribution is -2.05. The van der Waals surface area contributed by atoms with Crippen LogP contribution in [0.25, 0.3) is 56.1 Å². The maximum Gasteiger partial charge on any atom is 0.284 e. The minimum Gasteiger partial charge on any atom is -0.431 e. The molecule has 1 aliphatic heterocycles. The number of aromatic nitrogens is 4. The Morgan fingerprint density at radius 2 is 0.762 bits per heavy atom. The molecule has 0 aliphatic carbocycles. The van der Waals surface area contributed by atoms with Gasteiger partial charge in [-0.1, -0.05) is 84.9 Å². The molecule has 0 N–H and O–H groups in total. The van der Waals surface area contributed by atoms with E-state index in [0.717, 1.165) is 56.1 Å². The van der Waals surface area contributed by atoms with Crippen molar-refractivity contribution < 1.29 is 9.47 Å². The highest BCUT2D eigenvalue weighted by Gasteiger charge is 2.26. The van der Waals surface area contributed by atoms with Crippen LogP contribution in [0.3, 0.4) is 0 Å². The fraction of sp³-hybridized carbons (Fsp3) is 0. The van der Waals surface area contributed by atoms with Crippen molar-refractivity contribution in [3.05, 3.63) is 133 Å². The average Bonchev–Trinajstić information content (AvgIpc) is 3.07. The second-order valence-corrected chi connectivity index (χ2v) is 9.92. The summed E-state index contributed by atoms with van der Waals surface area (Å²) in [6.07, 6.45) is 0. The summed E-state index contributed by atoms with van der Waals surface area (Å²) in [6.45, 7) is 0. The van der Waals surface area contributed by atoms with E-state index in [1.165, 1.54) is 0 Å². The summed E-state index contributed by atoms with van der Waals surface area (Å²) in [5, 5.41) is 0. The first-order chi connectivity index (χ1) is 20.8. The summed E-state index contributed by atoms with van der Waals surface area (Å²) < 4.78 is 12.6. The van der Waals surface area contributed by atoms with E-state index >= 15 is 0 Å². The minimum absolute atomic E-state index is 0.329. The van der Waals surface area contributed by atoms with Gasteiger partial charge in [0.05, 0.1) is 33.8 Å². The summed E-state index contributed by atoms with van der Waals surface area (Å²) in [6, 6.07) is 43.9. The number of pyridine rings is 2. The van der Waals surface area contributed by atoms with Crippen molar-refractivity contribution in [3.8, 4) is 68.3 Å². The number of nitrogens with zero attached hydrogens (tertiary/aromatic N) is 4. The molecule has 0 fully saturated rings. The van der Waals surface area contributed by atoms with Crippen LogP contribution >= 0.6 is 0 Å². The second-order valence-electron chi connectivity index (χ2n) is 9.92. The molecule has 4 aromatic carbocycles. The Kier molecular flexibility index (Phi) is 5.67. The molecule has 4 heterocycles. The molecule has 0 atom stereocenters.